The van der Waals surface area contributed by atoms with Gasteiger partial charge in [0.2, 0.25) is 11.9 Å². The zero-order chi connectivity index (χ0) is 17.8. The Morgan fingerprint density at radius 3 is 2.64 bits per heavy atom. The molecule has 2 aromatic rings. The van der Waals surface area contributed by atoms with Crippen LogP contribution < -0.4 is 15.0 Å². The van der Waals surface area contributed by atoms with Crippen LogP contribution >= 0.6 is 0 Å². The van der Waals surface area contributed by atoms with Gasteiger partial charge in [0, 0.05) is 19.9 Å². The quantitative estimate of drug-likeness (QED) is 0.864. The number of nitrogens with one attached hydrogen (secondary N) is 1. The number of carbonyl (C=O) groups excluding carboxylic acids is 1. The Labute approximate surface area is 146 Å². The summed E-state index contributed by atoms with van der Waals surface area (Å²) < 4.78 is 6.03. The Bertz CT molecular complexity index is 718. The zero-order valence-corrected chi connectivity index (χ0v) is 14.3. The molecule has 1 amide bonds. The number of aromatic hydroxyl groups is 1. The van der Waals surface area contributed by atoms with E-state index in [-0.39, 0.29) is 23.8 Å². The van der Waals surface area contributed by atoms with E-state index < -0.39 is 0 Å². The lowest BCUT2D eigenvalue weighted by atomic mass is 10.1. The van der Waals surface area contributed by atoms with Gasteiger partial charge in [0.15, 0.2) is 5.75 Å². The van der Waals surface area contributed by atoms with Crippen molar-refractivity contribution >= 4 is 11.9 Å². The third kappa shape index (κ3) is 4.37. The number of carbonyl (C=O) groups is 1. The summed E-state index contributed by atoms with van der Waals surface area (Å²) in [6.07, 6.45) is 3.74. The summed E-state index contributed by atoms with van der Waals surface area (Å²) in [6.45, 7) is 4.98. The van der Waals surface area contributed by atoms with Gasteiger partial charge in [0.05, 0.1) is 25.0 Å². The fraction of sp³-hybridized carbons (Fsp3) is 0.389. The van der Waals surface area contributed by atoms with Gasteiger partial charge in [-0.1, -0.05) is 12.1 Å². The maximum atomic E-state index is 11.1. The number of benzene rings is 1. The first-order chi connectivity index (χ1) is 12.0. The van der Waals surface area contributed by atoms with Crippen LogP contribution in [0.3, 0.4) is 0 Å². The lowest BCUT2D eigenvalue weighted by Crippen LogP contribution is -2.26. The second-order valence-corrected chi connectivity index (χ2v) is 6.21. The SMILES string of the molecule is CC(=O)N[C@@H](C)c1ccc(OC2CCN(c3ncc(O)cn3)C2)cc1. The summed E-state index contributed by atoms with van der Waals surface area (Å²) in [5.74, 6) is 1.42. The molecule has 0 spiro atoms. The van der Waals surface area contributed by atoms with Gasteiger partial charge in [0.25, 0.3) is 0 Å². The van der Waals surface area contributed by atoms with Crippen LogP contribution in [0.15, 0.2) is 36.7 Å². The first-order valence-corrected chi connectivity index (χ1v) is 8.31. The van der Waals surface area contributed by atoms with Gasteiger partial charge >= 0.3 is 0 Å². The monoisotopic (exact) mass is 342 g/mol. The molecule has 0 radical (unpaired) electrons. The Balaban J connectivity index is 1.56. The number of aromatic nitrogens is 2. The fourth-order valence-corrected chi connectivity index (χ4v) is 2.90. The van der Waals surface area contributed by atoms with Crippen LogP contribution in [0.1, 0.15) is 31.9 Å². The molecule has 1 aromatic carbocycles. The van der Waals surface area contributed by atoms with E-state index in [1.54, 1.807) is 0 Å². The molecule has 2 N–H and O–H groups in total. The molecule has 0 saturated carbocycles. The maximum Gasteiger partial charge on any atom is 0.225 e. The minimum absolute atomic E-state index is 0.0276. The summed E-state index contributed by atoms with van der Waals surface area (Å²) >= 11 is 0. The van der Waals surface area contributed by atoms with Gasteiger partial charge in [0.1, 0.15) is 11.9 Å². The Morgan fingerprint density at radius 1 is 1.32 bits per heavy atom. The highest BCUT2D eigenvalue weighted by molar-refractivity contribution is 5.73. The molecule has 25 heavy (non-hydrogen) atoms. The van der Waals surface area contributed by atoms with Gasteiger partial charge in [-0.3, -0.25) is 4.79 Å². The van der Waals surface area contributed by atoms with Crippen molar-refractivity contribution in [3.05, 3.63) is 42.2 Å². The molecule has 1 fully saturated rings. The van der Waals surface area contributed by atoms with Crippen molar-refractivity contribution in [3.8, 4) is 11.5 Å². The second kappa shape index (κ2) is 7.38. The predicted octanol–water partition coefficient (Wildman–Crippen LogP) is 2.04. The highest BCUT2D eigenvalue weighted by Crippen LogP contribution is 2.23. The molecule has 2 atom stereocenters. The van der Waals surface area contributed by atoms with Crippen molar-refractivity contribution in [3.63, 3.8) is 0 Å². The molecule has 0 aliphatic carbocycles. The normalized spacial score (nSPS) is 18.0. The third-order valence-electron chi connectivity index (χ3n) is 4.16. The zero-order valence-electron chi connectivity index (χ0n) is 14.3. The molecule has 3 rings (SSSR count). The minimum Gasteiger partial charge on any atom is -0.505 e. The van der Waals surface area contributed by atoms with Crippen molar-refractivity contribution in [1.29, 1.82) is 0 Å². The Kier molecular flexibility index (Phi) is 5.02. The summed E-state index contributed by atoms with van der Waals surface area (Å²) in [7, 11) is 0. The number of ether oxygens (including phenoxy) is 1. The molecule has 2 heterocycles. The minimum atomic E-state index is -0.0460. The van der Waals surface area contributed by atoms with Crippen molar-refractivity contribution in [2.75, 3.05) is 18.0 Å². The van der Waals surface area contributed by atoms with E-state index in [4.69, 9.17) is 4.74 Å². The molecule has 1 aliphatic heterocycles. The van der Waals surface area contributed by atoms with E-state index >= 15 is 0 Å². The van der Waals surface area contributed by atoms with E-state index in [9.17, 15) is 9.90 Å². The third-order valence-corrected chi connectivity index (χ3v) is 4.16. The molecule has 1 aliphatic rings. The summed E-state index contributed by atoms with van der Waals surface area (Å²) in [6, 6.07) is 7.75. The van der Waals surface area contributed by atoms with Crippen LogP contribution in [0.2, 0.25) is 0 Å². The highest BCUT2D eigenvalue weighted by Gasteiger charge is 2.25. The number of amides is 1. The standard InChI is InChI=1S/C18H22N4O3/c1-12(21-13(2)23)14-3-5-16(6-4-14)25-17-7-8-22(11-17)18-19-9-15(24)10-20-18/h3-6,9-10,12,17,24H,7-8,11H2,1-2H3,(H,21,23)/t12-,17?/m0/s1. The van der Waals surface area contributed by atoms with Gasteiger partial charge in [-0.25, -0.2) is 9.97 Å². The van der Waals surface area contributed by atoms with E-state index in [2.05, 4.69) is 15.3 Å². The Morgan fingerprint density at radius 2 is 2.00 bits per heavy atom. The smallest absolute Gasteiger partial charge is 0.225 e. The lowest BCUT2D eigenvalue weighted by Gasteiger charge is -2.17. The van der Waals surface area contributed by atoms with E-state index in [0.717, 1.165) is 24.3 Å². The van der Waals surface area contributed by atoms with Crippen molar-refractivity contribution in [2.24, 2.45) is 0 Å². The number of hydrogen-bond acceptors (Lipinski definition) is 6. The summed E-state index contributed by atoms with van der Waals surface area (Å²) in [5.41, 5.74) is 1.04. The van der Waals surface area contributed by atoms with Crippen molar-refractivity contribution < 1.29 is 14.6 Å². The van der Waals surface area contributed by atoms with Gasteiger partial charge < -0.3 is 20.1 Å². The highest BCUT2D eigenvalue weighted by atomic mass is 16.5. The second-order valence-electron chi connectivity index (χ2n) is 6.21. The molecule has 1 saturated heterocycles. The van der Waals surface area contributed by atoms with E-state index in [0.29, 0.717) is 12.5 Å². The van der Waals surface area contributed by atoms with Crippen LogP contribution in [0.25, 0.3) is 0 Å². The average molecular weight is 342 g/mol. The van der Waals surface area contributed by atoms with E-state index in [1.807, 2.05) is 36.1 Å². The van der Waals surface area contributed by atoms with Gasteiger partial charge in [-0.15, -0.1) is 0 Å². The molecule has 0 bridgehead atoms. The topological polar surface area (TPSA) is 87.6 Å². The van der Waals surface area contributed by atoms with Crippen LogP contribution in [-0.2, 0) is 4.79 Å². The number of nitrogens with zero attached hydrogens (tertiary/aromatic N) is 3. The van der Waals surface area contributed by atoms with Gasteiger partial charge in [-0.05, 0) is 24.6 Å². The first-order valence-electron chi connectivity index (χ1n) is 8.31. The summed E-state index contributed by atoms with van der Waals surface area (Å²) in [4.78, 5) is 21.4. The van der Waals surface area contributed by atoms with Crippen LogP contribution in [0.4, 0.5) is 5.95 Å². The summed E-state index contributed by atoms with van der Waals surface area (Å²) in [5, 5.41) is 12.1. The largest absolute Gasteiger partial charge is 0.505 e. The van der Waals surface area contributed by atoms with Crippen molar-refractivity contribution in [2.45, 2.75) is 32.4 Å². The predicted molar refractivity (Wildman–Crippen MR) is 93.6 cm³/mol. The molecule has 1 aromatic heterocycles. The maximum absolute atomic E-state index is 11.1. The fourth-order valence-electron chi connectivity index (χ4n) is 2.90. The number of anilines is 1. The number of rotatable bonds is 5. The molecular formula is C18H22N4O3. The van der Waals surface area contributed by atoms with Gasteiger partial charge in [-0.2, -0.15) is 0 Å². The molecule has 7 nitrogen and oxygen atoms in total. The lowest BCUT2D eigenvalue weighted by molar-refractivity contribution is -0.119. The molecule has 7 heteroatoms. The Hall–Kier alpha value is -2.83. The van der Waals surface area contributed by atoms with Crippen molar-refractivity contribution in [1.82, 2.24) is 15.3 Å². The van der Waals surface area contributed by atoms with Crippen LogP contribution in [-0.4, -0.2) is 40.2 Å². The van der Waals surface area contributed by atoms with Crippen LogP contribution in [0, 0.1) is 0 Å². The van der Waals surface area contributed by atoms with Crippen LogP contribution in [0.5, 0.6) is 11.5 Å². The average Bonchev–Trinajstić information content (AvgIpc) is 3.04. The molecule has 132 valence electrons. The first kappa shape index (κ1) is 17.0. The van der Waals surface area contributed by atoms with E-state index in [1.165, 1.54) is 19.3 Å². The molecular weight excluding hydrogens is 320 g/mol. The number of hydrogen-bond donors (Lipinski definition) is 2. The molecule has 1 unspecified atom stereocenters.